The molecule has 0 N–H and O–H groups in total. The van der Waals surface area contributed by atoms with E-state index >= 15 is 0 Å². The highest BCUT2D eigenvalue weighted by Crippen LogP contribution is 2.29. The number of halogens is 2. The minimum atomic E-state index is -0.486. The van der Waals surface area contributed by atoms with Crippen molar-refractivity contribution in [2.45, 2.75) is 19.4 Å². The first-order valence-electron chi connectivity index (χ1n) is 4.59. The van der Waals surface area contributed by atoms with Crippen LogP contribution < -0.4 is 0 Å². The van der Waals surface area contributed by atoms with Gasteiger partial charge in [0, 0.05) is 0 Å². The molecule has 0 radical (unpaired) electrons. The van der Waals surface area contributed by atoms with E-state index in [0.717, 1.165) is 11.1 Å². The number of benzene rings is 1. The summed E-state index contributed by atoms with van der Waals surface area (Å²) >= 11 is 11.1. The topological polar surface area (TPSA) is 12.4 Å². The van der Waals surface area contributed by atoms with E-state index in [9.17, 15) is 0 Å². The van der Waals surface area contributed by atoms with Crippen LogP contribution in [0.5, 0.6) is 0 Å². The second-order valence-electron chi connectivity index (χ2n) is 3.76. The van der Waals surface area contributed by atoms with Crippen LogP contribution in [-0.2, 0) is 0 Å². The first kappa shape index (κ1) is 12.3. The highest BCUT2D eigenvalue weighted by Gasteiger charge is 2.22. The Morgan fingerprint density at radius 3 is 2.20 bits per heavy atom. The van der Waals surface area contributed by atoms with E-state index in [1.807, 2.05) is 44.2 Å². The molecule has 0 aliphatic rings. The third kappa shape index (κ3) is 3.37. The van der Waals surface area contributed by atoms with Gasteiger partial charge >= 0.3 is 0 Å². The maximum atomic E-state index is 5.57. The van der Waals surface area contributed by atoms with Crippen molar-refractivity contribution in [1.29, 1.82) is 0 Å². The lowest BCUT2D eigenvalue weighted by molar-refractivity contribution is 0.683. The molecule has 1 rings (SSSR count). The molecule has 80 valence electrons. The van der Waals surface area contributed by atoms with Crippen molar-refractivity contribution in [1.82, 2.24) is 0 Å². The highest BCUT2D eigenvalue weighted by atomic mass is 35.5. The first-order valence-corrected chi connectivity index (χ1v) is 5.35. The largest absolute Gasteiger partial charge is 0.252 e. The predicted molar refractivity (Wildman–Crippen MR) is 68.7 cm³/mol. The third-order valence-corrected chi connectivity index (χ3v) is 2.39. The van der Waals surface area contributed by atoms with Crippen molar-refractivity contribution in [2.75, 3.05) is 0 Å². The minimum Gasteiger partial charge on any atom is -0.252 e. The molecule has 1 aromatic rings. The molecule has 0 unspecified atom stereocenters. The van der Waals surface area contributed by atoms with E-state index < -0.39 is 5.54 Å². The van der Waals surface area contributed by atoms with Crippen LogP contribution in [0.3, 0.4) is 0 Å². The molecule has 0 aromatic heterocycles. The van der Waals surface area contributed by atoms with Crippen LogP contribution in [0.4, 0.5) is 0 Å². The first-order chi connectivity index (χ1) is 6.93. The molecule has 0 amide bonds. The van der Waals surface area contributed by atoms with Gasteiger partial charge in [-0.2, -0.15) is 0 Å². The molecule has 0 atom stereocenters. The van der Waals surface area contributed by atoms with Crippen molar-refractivity contribution in [3.8, 4) is 0 Å². The summed E-state index contributed by atoms with van der Waals surface area (Å²) in [5, 5.41) is 0. The fourth-order valence-corrected chi connectivity index (χ4v) is 1.69. The van der Waals surface area contributed by atoms with Gasteiger partial charge in [0.05, 0.1) is 5.54 Å². The van der Waals surface area contributed by atoms with Crippen molar-refractivity contribution in [3.63, 3.8) is 0 Å². The Kier molecular flexibility index (Phi) is 3.95. The van der Waals surface area contributed by atoms with Gasteiger partial charge in [0.2, 0.25) is 0 Å². The molecular formula is C12H13Cl2N. The van der Waals surface area contributed by atoms with Crippen LogP contribution in [0.15, 0.2) is 41.9 Å². The van der Waals surface area contributed by atoms with Crippen LogP contribution in [0, 0.1) is 0 Å². The standard InChI is InChI=1S/C12H13Cl2N/c1-9(10-7-5-4-6-8-10)12(2,3)15-11(13)14/h4-8H,1H2,2-3H3. The van der Waals surface area contributed by atoms with Crippen LogP contribution in [-0.4, -0.2) is 10.2 Å². The molecule has 0 fully saturated rings. The fourth-order valence-electron chi connectivity index (χ4n) is 1.27. The summed E-state index contributed by atoms with van der Waals surface area (Å²) in [5.74, 6) is 0. The average Bonchev–Trinajstić information content (AvgIpc) is 2.16. The minimum absolute atomic E-state index is 0.0251. The predicted octanol–water partition coefficient (Wildman–Crippen LogP) is 4.31. The maximum Gasteiger partial charge on any atom is 0.192 e. The number of aliphatic imine (C=N–C) groups is 1. The van der Waals surface area contributed by atoms with E-state index in [1.54, 1.807) is 0 Å². The number of nitrogens with zero attached hydrogens (tertiary/aromatic N) is 1. The zero-order valence-electron chi connectivity index (χ0n) is 8.80. The molecule has 0 bridgehead atoms. The maximum absolute atomic E-state index is 5.57. The zero-order valence-corrected chi connectivity index (χ0v) is 10.3. The van der Waals surface area contributed by atoms with Crippen molar-refractivity contribution in [3.05, 3.63) is 42.5 Å². The molecule has 1 nitrogen and oxygen atoms in total. The number of rotatable bonds is 3. The molecule has 0 saturated heterocycles. The van der Waals surface area contributed by atoms with E-state index in [2.05, 4.69) is 11.6 Å². The number of hydrogen-bond acceptors (Lipinski definition) is 1. The summed E-state index contributed by atoms with van der Waals surface area (Å²) in [6.07, 6.45) is 0. The Balaban J connectivity index is 3.00. The van der Waals surface area contributed by atoms with E-state index in [1.165, 1.54) is 0 Å². The molecule has 0 spiro atoms. The molecule has 0 saturated carbocycles. The van der Waals surface area contributed by atoms with Crippen LogP contribution in [0.1, 0.15) is 19.4 Å². The van der Waals surface area contributed by atoms with Gasteiger partial charge in [0.15, 0.2) is 4.63 Å². The molecule has 15 heavy (non-hydrogen) atoms. The van der Waals surface area contributed by atoms with Gasteiger partial charge in [-0.05, 0) is 48.2 Å². The Bertz CT molecular complexity index is 376. The fraction of sp³-hybridized carbons (Fsp3) is 0.250. The van der Waals surface area contributed by atoms with Crippen molar-refractivity contribution < 1.29 is 0 Å². The molecule has 0 aliphatic heterocycles. The summed E-state index contributed by atoms with van der Waals surface area (Å²) in [7, 11) is 0. The lowest BCUT2D eigenvalue weighted by atomic mass is 9.90. The summed E-state index contributed by atoms with van der Waals surface area (Å²) in [6.45, 7) is 7.87. The van der Waals surface area contributed by atoms with Gasteiger partial charge in [-0.1, -0.05) is 36.9 Å². The van der Waals surface area contributed by atoms with Crippen molar-refractivity contribution >= 4 is 33.4 Å². The third-order valence-electron chi connectivity index (χ3n) is 2.22. The smallest absolute Gasteiger partial charge is 0.192 e. The van der Waals surface area contributed by atoms with E-state index in [0.29, 0.717) is 0 Å². The average molecular weight is 242 g/mol. The lowest BCUT2D eigenvalue weighted by Gasteiger charge is -2.22. The quantitative estimate of drug-likeness (QED) is 0.700. The molecule has 0 aliphatic carbocycles. The number of hydrogen-bond donors (Lipinski definition) is 0. The van der Waals surface area contributed by atoms with Gasteiger partial charge < -0.3 is 0 Å². The summed E-state index contributed by atoms with van der Waals surface area (Å²) in [4.78, 5) is 4.13. The monoisotopic (exact) mass is 241 g/mol. The molecular weight excluding hydrogens is 229 g/mol. The van der Waals surface area contributed by atoms with Gasteiger partial charge in [0.25, 0.3) is 0 Å². The second kappa shape index (κ2) is 4.82. The molecule has 0 heterocycles. The summed E-state index contributed by atoms with van der Waals surface area (Å²) in [6, 6.07) is 9.86. The van der Waals surface area contributed by atoms with Gasteiger partial charge in [-0.15, -0.1) is 0 Å². The second-order valence-corrected chi connectivity index (χ2v) is 4.67. The molecule has 3 heteroatoms. The highest BCUT2D eigenvalue weighted by molar-refractivity contribution is 6.95. The summed E-state index contributed by atoms with van der Waals surface area (Å²) < 4.78 is 0.0251. The Hall–Kier alpha value is -0.790. The summed E-state index contributed by atoms with van der Waals surface area (Å²) in [5.41, 5.74) is 1.45. The Labute approximate surface area is 100 Å². The van der Waals surface area contributed by atoms with E-state index in [-0.39, 0.29) is 4.63 Å². The van der Waals surface area contributed by atoms with Gasteiger partial charge in [-0.25, -0.2) is 0 Å². The zero-order chi connectivity index (χ0) is 11.5. The van der Waals surface area contributed by atoms with Gasteiger partial charge in [-0.3, -0.25) is 4.99 Å². The van der Waals surface area contributed by atoms with E-state index in [4.69, 9.17) is 23.2 Å². The lowest BCUT2D eigenvalue weighted by Crippen LogP contribution is -2.19. The van der Waals surface area contributed by atoms with Gasteiger partial charge in [0.1, 0.15) is 0 Å². The molecule has 1 aromatic carbocycles. The van der Waals surface area contributed by atoms with Crippen LogP contribution in [0.2, 0.25) is 0 Å². The Morgan fingerprint density at radius 1 is 1.20 bits per heavy atom. The van der Waals surface area contributed by atoms with Crippen LogP contribution >= 0.6 is 23.2 Å². The van der Waals surface area contributed by atoms with Crippen LogP contribution in [0.25, 0.3) is 5.57 Å². The van der Waals surface area contributed by atoms with Crippen molar-refractivity contribution in [2.24, 2.45) is 4.99 Å². The normalized spacial score (nSPS) is 10.9. The SMILES string of the molecule is C=C(c1ccccc1)C(C)(C)N=C(Cl)Cl. The Morgan fingerprint density at radius 2 is 1.73 bits per heavy atom.